The third-order valence-corrected chi connectivity index (χ3v) is 15.8. The van der Waals surface area contributed by atoms with Gasteiger partial charge >= 0.3 is 6.03 Å². The van der Waals surface area contributed by atoms with Crippen molar-refractivity contribution < 1.29 is 28.5 Å². The fourth-order valence-electron chi connectivity index (χ4n) is 10.7. The van der Waals surface area contributed by atoms with Crippen LogP contribution >= 0.6 is 46.4 Å². The fraction of sp³-hybridized carbons (Fsp3) is 0.354. The van der Waals surface area contributed by atoms with Gasteiger partial charge in [0.2, 0.25) is 0 Å². The molecule has 0 bridgehead atoms. The van der Waals surface area contributed by atoms with Gasteiger partial charge in [-0.3, -0.25) is 9.78 Å². The Hall–Kier alpha value is -5.94. The number of pyridine rings is 2. The number of rotatable bonds is 28. The van der Waals surface area contributed by atoms with Crippen LogP contribution < -0.4 is 16.0 Å². The van der Waals surface area contributed by atoms with Crippen LogP contribution in [0.3, 0.4) is 0 Å². The molecule has 82 heavy (non-hydrogen) atoms. The fourth-order valence-corrected chi connectivity index (χ4v) is 11.8. The lowest BCUT2D eigenvalue weighted by atomic mass is 9.84. The van der Waals surface area contributed by atoms with Gasteiger partial charge in [-0.1, -0.05) is 107 Å². The Kier molecular flexibility index (Phi) is 22.6. The monoisotopic (exact) mass is 1190 g/mol. The number of nitrogens with zero attached hydrogens (tertiary/aromatic N) is 4. The largest absolute Gasteiger partial charge is 0.379 e. The van der Waals surface area contributed by atoms with Crippen LogP contribution in [0.1, 0.15) is 75.7 Å². The van der Waals surface area contributed by atoms with Crippen molar-refractivity contribution in [1.82, 2.24) is 25.1 Å². The van der Waals surface area contributed by atoms with Gasteiger partial charge in [0.05, 0.1) is 39.6 Å². The number of benzene rings is 5. The molecule has 0 radical (unpaired) electrons. The van der Waals surface area contributed by atoms with Crippen LogP contribution in [0, 0.1) is 0 Å². The molecule has 2 aliphatic heterocycles. The summed E-state index contributed by atoms with van der Waals surface area (Å²) < 4.78 is 23.0. The molecular weight excluding hydrogens is 1120 g/mol. The van der Waals surface area contributed by atoms with Gasteiger partial charge < -0.3 is 44.7 Å². The summed E-state index contributed by atoms with van der Waals surface area (Å²) in [5.41, 5.74) is 14.1. The highest BCUT2D eigenvalue weighted by Gasteiger charge is 2.29. The Balaban J connectivity index is 0.573. The van der Waals surface area contributed by atoms with E-state index < -0.39 is 0 Å². The third kappa shape index (κ3) is 17.6. The van der Waals surface area contributed by atoms with Gasteiger partial charge in [-0.2, -0.15) is 0 Å². The maximum absolute atomic E-state index is 12.7. The van der Waals surface area contributed by atoms with Gasteiger partial charge in [-0.05, 0) is 155 Å². The van der Waals surface area contributed by atoms with Crippen LogP contribution in [0.4, 0.5) is 16.3 Å². The van der Waals surface area contributed by atoms with Crippen LogP contribution in [0.25, 0.3) is 22.3 Å². The molecule has 9 rings (SSSR count). The number of fused-ring (bicyclic) bond motifs is 2. The number of ether oxygens (including phenoxy) is 4. The number of urea groups is 1. The summed E-state index contributed by atoms with van der Waals surface area (Å²) in [7, 11) is 4.24. The van der Waals surface area contributed by atoms with Crippen molar-refractivity contribution in [3.8, 4) is 22.3 Å². The smallest absolute Gasteiger partial charge is 0.319 e. The number of carbonyl (C=O) groups is 2. The number of hydrogen-bond donors (Lipinski definition) is 3. The number of ketones is 1. The van der Waals surface area contributed by atoms with Crippen molar-refractivity contribution in [2.45, 2.75) is 57.0 Å². The molecule has 3 N–H and O–H groups in total. The number of aromatic nitrogens is 2. The molecule has 17 heteroatoms. The SMILES string of the molecule is CN1Cc2c(Cl)cc(Cl)cc2C(c2cccc(-c3ccnc(CCCOCCOCCNC(=O)Nc4ccc(CC(=O)CCCOCCOCCNc5cc(-c6cccc(C7CN(C)Cc8c(Cl)cc(Cl)cc87)c6)ccn5)cc4)c3)c2)C1. The third-order valence-electron chi connectivity index (χ3n) is 14.7. The van der Waals surface area contributed by atoms with E-state index in [-0.39, 0.29) is 23.7 Å². The molecule has 0 aliphatic carbocycles. The van der Waals surface area contributed by atoms with Gasteiger partial charge in [0.25, 0.3) is 0 Å². The van der Waals surface area contributed by atoms with Crippen molar-refractivity contribution in [1.29, 1.82) is 0 Å². The van der Waals surface area contributed by atoms with Gasteiger partial charge in [-0.25, -0.2) is 9.78 Å². The van der Waals surface area contributed by atoms with E-state index >= 15 is 0 Å². The van der Waals surface area contributed by atoms with Crippen LogP contribution in [0.15, 0.2) is 134 Å². The predicted octanol–water partition coefficient (Wildman–Crippen LogP) is 13.4. The van der Waals surface area contributed by atoms with Gasteiger partial charge in [0.15, 0.2) is 0 Å². The first-order valence-corrected chi connectivity index (χ1v) is 29.6. The van der Waals surface area contributed by atoms with Crippen LogP contribution in [0.2, 0.25) is 20.1 Å². The molecule has 4 heterocycles. The number of aryl methyl sites for hydroxylation is 1. The maximum atomic E-state index is 12.7. The molecule has 5 aromatic carbocycles. The molecule has 2 aliphatic rings. The van der Waals surface area contributed by atoms with Crippen molar-refractivity contribution in [3.05, 3.63) is 198 Å². The van der Waals surface area contributed by atoms with E-state index in [1.54, 1.807) is 12.1 Å². The Morgan fingerprint density at radius 3 is 1.72 bits per heavy atom. The first-order valence-electron chi connectivity index (χ1n) is 28.1. The number of Topliss-reactive ketones (excluding diaryl/α,β-unsaturated/α-hetero) is 1. The average molecular weight is 1190 g/mol. The van der Waals surface area contributed by atoms with Crippen molar-refractivity contribution in [2.24, 2.45) is 0 Å². The normalized spacial score (nSPS) is 15.2. The predicted molar refractivity (Wildman–Crippen MR) is 330 cm³/mol. The summed E-state index contributed by atoms with van der Waals surface area (Å²) in [5.74, 6) is 1.22. The quantitative estimate of drug-likeness (QED) is 0.0404. The second kappa shape index (κ2) is 30.6. The number of nitrogens with one attached hydrogen (secondary N) is 3. The molecule has 2 atom stereocenters. The van der Waals surface area contributed by atoms with E-state index in [0.717, 1.165) is 94.5 Å². The molecular formula is C65H71Cl4N7O6. The highest BCUT2D eigenvalue weighted by Crippen LogP contribution is 2.41. The lowest BCUT2D eigenvalue weighted by molar-refractivity contribution is -0.118. The average Bonchev–Trinajstić information content (AvgIpc) is 3.57. The molecule has 0 spiro atoms. The first kappa shape index (κ1) is 60.6. The first-order chi connectivity index (χ1) is 39.9. The number of halogens is 4. The maximum Gasteiger partial charge on any atom is 0.319 e. The second-order valence-corrected chi connectivity index (χ2v) is 22.7. The van der Waals surface area contributed by atoms with Crippen LogP contribution in [0.5, 0.6) is 0 Å². The highest BCUT2D eigenvalue weighted by atomic mass is 35.5. The zero-order chi connectivity index (χ0) is 57.2. The summed E-state index contributed by atoms with van der Waals surface area (Å²) in [6, 6.07) is 40.4. The molecule has 7 aromatic rings. The van der Waals surface area contributed by atoms with E-state index in [1.807, 2.05) is 42.7 Å². The molecule has 0 fully saturated rings. The van der Waals surface area contributed by atoms with E-state index in [2.05, 4.69) is 129 Å². The van der Waals surface area contributed by atoms with Crippen molar-refractivity contribution >= 4 is 69.7 Å². The zero-order valence-corrected chi connectivity index (χ0v) is 49.6. The van der Waals surface area contributed by atoms with E-state index in [4.69, 9.17) is 65.4 Å². The Morgan fingerprint density at radius 2 is 1.11 bits per heavy atom. The summed E-state index contributed by atoms with van der Waals surface area (Å²) in [6.07, 6.45) is 6.67. The van der Waals surface area contributed by atoms with Crippen molar-refractivity contribution in [3.63, 3.8) is 0 Å². The zero-order valence-electron chi connectivity index (χ0n) is 46.5. The van der Waals surface area contributed by atoms with Gasteiger partial charge in [0.1, 0.15) is 11.6 Å². The standard InChI is InChI=1S/C65H71Cl4N7O6/c1-75-40-58(56-36-51(66)38-62(68)60(56)42-75)49-9-3-7-45(32-49)47-17-19-70-54(34-47)11-5-23-79-27-30-82-26-22-73-65(78)74-53-15-13-44(14-16-53)31-55(77)12-6-24-80-28-29-81-25-21-72-64-35-48(18-20-71-64)46-8-4-10-50(33-46)59-41-76(2)43-61-57(59)37-52(67)39-63(61)69/h3-4,7-10,13-20,32-39,58-59H,5-6,11-12,21-31,40-43H2,1-2H3,(H,71,72)(H2,73,74,78). The second-order valence-electron chi connectivity index (χ2n) is 21.0. The Morgan fingerprint density at radius 1 is 0.573 bits per heavy atom. The lowest BCUT2D eigenvalue weighted by Gasteiger charge is -2.33. The Bertz CT molecular complexity index is 3050. The summed E-state index contributed by atoms with van der Waals surface area (Å²) >= 11 is 26.2. The topological polar surface area (TPSA) is 139 Å². The molecule has 2 aromatic heterocycles. The minimum absolute atomic E-state index is 0.129. The molecule has 2 amide bonds. The molecule has 2 unspecified atom stereocenters. The number of anilines is 2. The molecule has 0 saturated carbocycles. The van der Waals surface area contributed by atoms with Gasteiger partial charge in [-0.15, -0.1) is 0 Å². The molecule has 0 saturated heterocycles. The highest BCUT2D eigenvalue weighted by molar-refractivity contribution is 6.35. The van der Waals surface area contributed by atoms with E-state index in [9.17, 15) is 9.59 Å². The molecule has 13 nitrogen and oxygen atoms in total. The van der Waals surface area contributed by atoms with E-state index in [0.29, 0.717) is 106 Å². The summed E-state index contributed by atoms with van der Waals surface area (Å²) in [4.78, 5) is 38.9. The minimum atomic E-state index is -0.333. The van der Waals surface area contributed by atoms with Gasteiger partial charge in [0, 0.05) is 121 Å². The van der Waals surface area contributed by atoms with Crippen molar-refractivity contribution in [2.75, 3.05) is 104 Å². The Labute approximate surface area is 501 Å². The number of hydrogen-bond acceptors (Lipinski definition) is 11. The van der Waals surface area contributed by atoms with Crippen LogP contribution in [-0.4, -0.2) is 125 Å². The lowest BCUT2D eigenvalue weighted by Crippen LogP contribution is -2.31. The van der Waals surface area contributed by atoms with Crippen LogP contribution in [-0.2, 0) is 49.7 Å². The number of carbonyl (C=O) groups excluding carboxylic acids is 2. The number of amides is 2. The minimum Gasteiger partial charge on any atom is -0.379 e. The molecule has 430 valence electrons. The summed E-state index contributed by atoms with van der Waals surface area (Å²) in [6.45, 7) is 7.99. The number of likely N-dealkylation sites (N-methyl/N-ethyl adjacent to an activating group) is 2. The summed E-state index contributed by atoms with van der Waals surface area (Å²) in [5, 5.41) is 11.8. The van der Waals surface area contributed by atoms with E-state index in [1.165, 1.54) is 22.3 Å².